The van der Waals surface area contributed by atoms with Gasteiger partial charge in [-0.05, 0) is 48.9 Å². The Hall–Kier alpha value is 0.280. The molecule has 1 saturated carbocycles. The van der Waals surface area contributed by atoms with Crippen LogP contribution in [0.4, 0.5) is 0 Å². The standard InChI is InChI=1S/C13H15BrCl2/c14-11-3-1-2-9(7-11)6-10-8-12(15)4-5-13(10)16/h4-5,8-9,11H,1-3,6-7H2. The van der Waals surface area contributed by atoms with E-state index in [2.05, 4.69) is 15.9 Å². The Morgan fingerprint density at radius 2 is 2.06 bits per heavy atom. The van der Waals surface area contributed by atoms with Crippen LogP contribution in [0.15, 0.2) is 18.2 Å². The molecule has 0 N–H and O–H groups in total. The Labute approximate surface area is 115 Å². The van der Waals surface area contributed by atoms with Crippen molar-refractivity contribution in [1.29, 1.82) is 0 Å². The van der Waals surface area contributed by atoms with E-state index in [-0.39, 0.29) is 0 Å². The number of hydrogen-bond acceptors (Lipinski definition) is 0. The van der Waals surface area contributed by atoms with Crippen molar-refractivity contribution < 1.29 is 0 Å². The van der Waals surface area contributed by atoms with Crippen LogP contribution in [0.1, 0.15) is 31.2 Å². The molecule has 1 fully saturated rings. The molecule has 0 bridgehead atoms. The molecule has 88 valence electrons. The fourth-order valence-electron chi connectivity index (χ4n) is 2.42. The van der Waals surface area contributed by atoms with Crippen LogP contribution >= 0.6 is 39.1 Å². The molecule has 2 unspecified atom stereocenters. The van der Waals surface area contributed by atoms with Crippen LogP contribution < -0.4 is 0 Å². The Morgan fingerprint density at radius 1 is 1.25 bits per heavy atom. The molecule has 3 heteroatoms. The van der Waals surface area contributed by atoms with Gasteiger partial charge >= 0.3 is 0 Å². The summed E-state index contributed by atoms with van der Waals surface area (Å²) in [6.45, 7) is 0. The smallest absolute Gasteiger partial charge is 0.0439 e. The molecule has 1 aliphatic carbocycles. The minimum atomic E-state index is 0.684. The van der Waals surface area contributed by atoms with E-state index in [4.69, 9.17) is 23.2 Å². The van der Waals surface area contributed by atoms with E-state index >= 15 is 0 Å². The minimum Gasteiger partial charge on any atom is -0.0891 e. The van der Waals surface area contributed by atoms with Crippen molar-refractivity contribution in [3.63, 3.8) is 0 Å². The van der Waals surface area contributed by atoms with Crippen molar-refractivity contribution in [2.75, 3.05) is 0 Å². The average Bonchev–Trinajstić information content (AvgIpc) is 2.24. The second-order valence-corrected chi connectivity index (χ2v) is 6.71. The van der Waals surface area contributed by atoms with E-state index in [0.717, 1.165) is 22.4 Å². The summed E-state index contributed by atoms with van der Waals surface area (Å²) < 4.78 is 0. The van der Waals surface area contributed by atoms with Gasteiger partial charge in [-0.2, -0.15) is 0 Å². The zero-order valence-electron chi connectivity index (χ0n) is 9.06. The molecular weight excluding hydrogens is 307 g/mol. The maximum Gasteiger partial charge on any atom is 0.0439 e. The third-order valence-corrected chi connectivity index (χ3v) is 4.67. The Morgan fingerprint density at radius 3 is 2.81 bits per heavy atom. The van der Waals surface area contributed by atoms with Crippen LogP contribution in [0.2, 0.25) is 10.0 Å². The second-order valence-electron chi connectivity index (χ2n) is 4.57. The van der Waals surface area contributed by atoms with E-state index in [1.54, 1.807) is 0 Å². The lowest BCUT2D eigenvalue weighted by Crippen LogP contribution is -2.17. The van der Waals surface area contributed by atoms with E-state index in [0.29, 0.717) is 4.83 Å². The van der Waals surface area contributed by atoms with Crippen LogP contribution in [0.3, 0.4) is 0 Å². The molecule has 1 aliphatic rings. The molecule has 0 aliphatic heterocycles. The van der Waals surface area contributed by atoms with Crippen molar-refractivity contribution >= 4 is 39.1 Å². The lowest BCUT2D eigenvalue weighted by molar-refractivity contribution is 0.368. The monoisotopic (exact) mass is 320 g/mol. The first-order valence-corrected chi connectivity index (χ1v) is 7.40. The minimum absolute atomic E-state index is 0.684. The zero-order chi connectivity index (χ0) is 11.5. The predicted octanol–water partition coefficient (Wildman–Crippen LogP) is 5.49. The highest BCUT2D eigenvalue weighted by Gasteiger charge is 2.20. The largest absolute Gasteiger partial charge is 0.0891 e. The van der Waals surface area contributed by atoms with Crippen molar-refractivity contribution in [1.82, 2.24) is 0 Å². The first kappa shape index (κ1) is 12.7. The highest BCUT2D eigenvalue weighted by atomic mass is 79.9. The normalized spacial score (nSPS) is 25.7. The van der Waals surface area contributed by atoms with Crippen molar-refractivity contribution in [2.24, 2.45) is 5.92 Å². The Kier molecular flexibility index (Phi) is 4.57. The highest BCUT2D eigenvalue weighted by Crippen LogP contribution is 2.33. The summed E-state index contributed by atoms with van der Waals surface area (Å²) in [5, 5.41) is 1.63. The number of alkyl halides is 1. The van der Waals surface area contributed by atoms with Gasteiger partial charge in [0.15, 0.2) is 0 Å². The summed E-state index contributed by atoms with van der Waals surface area (Å²) in [4.78, 5) is 0.684. The van der Waals surface area contributed by atoms with Crippen molar-refractivity contribution in [3.05, 3.63) is 33.8 Å². The summed E-state index contributed by atoms with van der Waals surface area (Å²) in [6, 6.07) is 5.75. The van der Waals surface area contributed by atoms with E-state index in [9.17, 15) is 0 Å². The number of rotatable bonds is 2. The number of benzene rings is 1. The molecule has 1 aromatic carbocycles. The molecule has 2 rings (SSSR count). The van der Waals surface area contributed by atoms with Gasteiger partial charge in [0.25, 0.3) is 0 Å². The lowest BCUT2D eigenvalue weighted by Gasteiger charge is -2.26. The summed E-state index contributed by atoms with van der Waals surface area (Å²) in [7, 11) is 0. The van der Waals surface area contributed by atoms with E-state index in [1.807, 2.05) is 18.2 Å². The third-order valence-electron chi connectivity index (χ3n) is 3.24. The Bertz CT molecular complexity index is 365. The first-order chi connectivity index (χ1) is 7.65. The molecule has 16 heavy (non-hydrogen) atoms. The van der Waals surface area contributed by atoms with Crippen LogP contribution in [-0.2, 0) is 6.42 Å². The summed E-state index contributed by atoms with van der Waals surface area (Å²) >= 11 is 15.9. The molecule has 0 nitrogen and oxygen atoms in total. The van der Waals surface area contributed by atoms with E-state index < -0.39 is 0 Å². The zero-order valence-corrected chi connectivity index (χ0v) is 12.2. The quantitative estimate of drug-likeness (QED) is 0.632. The van der Waals surface area contributed by atoms with Gasteiger partial charge in [-0.15, -0.1) is 0 Å². The fraction of sp³-hybridized carbons (Fsp3) is 0.538. The summed E-state index contributed by atoms with van der Waals surface area (Å²) in [6.07, 6.45) is 6.24. The average molecular weight is 322 g/mol. The molecule has 2 atom stereocenters. The summed E-state index contributed by atoms with van der Waals surface area (Å²) in [5.41, 5.74) is 1.20. The predicted molar refractivity (Wildman–Crippen MR) is 74.8 cm³/mol. The van der Waals surface area contributed by atoms with Crippen molar-refractivity contribution in [2.45, 2.75) is 36.9 Å². The molecule has 1 aromatic rings. The van der Waals surface area contributed by atoms with Crippen LogP contribution in [0, 0.1) is 5.92 Å². The van der Waals surface area contributed by atoms with Gasteiger partial charge in [-0.3, -0.25) is 0 Å². The Balaban J connectivity index is 2.05. The lowest BCUT2D eigenvalue weighted by atomic mass is 9.85. The molecular formula is C13H15BrCl2. The molecule has 0 amide bonds. The maximum atomic E-state index is 6.18. The van der Waals surface area contributed by atoms with E-state index in [1.165, 1.54) is 31.2 Å². The molecule has 0 radical (unpaired) electrons. The summed E-state index contributed by atoms with van der Waals surface area (Å²) in [5.74, 6) is 0.745. The second kappa shape index (κ2) is 5.75. The van der Waals surface area contributed by atoms with Crippen LogP contribution in [0.25, 0.3) is 0 Å². The van der Waals surface area contributed by atoms with Gasteiger partial charge in [-0.1, -0.05) is 52.0 Å². The maximum absolute atomic E-state index is 6.18. The van der Waals surface area contributed by atoms with Gasteiger partial charge in [-0.25, -0.2) is 0 Å². The van der Waals surface area contributed by atoms with Gasteiger partial charge in [0.1, 0.15) is 0 Å². The topological polar surface area (TPSA) is 0 Å². The highest BCUT2D eigenvalue weighted by molar-refractivity contribution is 9.09. The van der Waals surface area contributed by atoms with Gasteiger partial charge in [0, 0.05) is 14.9 Å². The third kappa shape index (κ3) is 3.38. The van der Waals surface area contributed by atoms with Gasteiger partial charge in [0.05, 0.1) is 0 Å². The fourth-order valence-corrected chi connectivity index (χ4v) is 3.66. The van der Waals surface area contributed by atoms with Gasteiger partial charge in [0.2, 0.25) is 0 Å². The number of halogens is 3. The van der Waals surface area contributed by atoms with Crippen LogP contribution in [-0.4, -0.2) is 4.83 Å². The van der Waals surface area contributed by atoms with Gasteiger partial charge < -0.3 is 0 Å². The first-order valence-electron chi connectivity index (χ1n) is 5.73. The van der Waals surface area contributed by atoms with Crippen LogP contribution in [0.5, 0.6) is 0 Å². The molecule has 0 spiro atoms. The SMILES string of the molecule is Clc1ccc(Cl)c(CC2CCCC(Br)C2)c1. The molecule has 0 heterocycles. The molecule has 0 saturated heterocycles. The van der Waals surface area contributed by atoms with Crippen molar-refractivity contribution in [3.8, 4) is 0 Å². The molecule has 0 aromatic heterocycles. The number of hydrogen-bond donors (Lipinski definition) is 0.